The van der Waals surface area contributed by atoms with E-state index in [4.69, 9.17) is 4.74 Å². The van der Waals surface area contributed by atoms with E-state index in [-0.39, 0.29) is 19.0 Å². The van der Waals surface area contributed by atoms with Gasteiger partial charge in [-0.1, -0.05) is 6.07 Å². The maximum Gasteiger partial charge on any atom is 0.411 e. The van der Waals surface area contributed by atoms with Crippen molar-refractivity contribution in [1.29, 1.82) is 0 Å². The summed E-state index contributed by atoms with van der Waals surface area (Å²) in [4.78, 5) is 44.2. The highest BCUT2D eigenvalue weighted by molar-refractivity contribution is 5.87. The Morgan fingerprint density at radius 1 is 1.10 bits per heavy atom. The number of pyridine rings is 1. The van der Waals surface area contributed by atoms with Gasteiger partial charge in [0.15, 0.2) is 0 Å². The molecule has 0 aromatic carbocycles. The van der Waals surface area contributed by atoms with E-state index in [1.807, 2.05) is 39.0 Å². The highest BCUT2D eigenvalue weighted by Crippen LogP contribution is 2.18. The van der Waals surface area contributed by atoms with Crippen molar-refractivity contribution in [1.82, 2.24) is 20.1 Å². The molecule has 1 rings (SSSR count). The van der Waals surface area contributed by atoms with Gasteiger partial charge in [-0.3, -0.25) is 19.5 Å². The molecule has 0 aliphatic rings. The van der Waals surface area contributed by atoms with Crippen molar-refractivity contribution >= 4 is 17.9 Å². The van der Waals surface area contributed by atoms with Crippen molar-refractivity contribution in [3.63, 3.8) is 0 Å². The van der Waals surface area contributed by atoms with Crippen LogP contribution in [0.15, 0.2) is 24.4 Å². The minimum atomic E-state index is -0.663. The molecule has 1 aromatic heterocycles. The number of aromatic nitrogens is 1. The predicted molar refractivity (Wildman–Crippen MR) is 111 cm³/mol. The summed E-state index contributed by atoms with van der Waals surface area (Å²) < 4.78 is 5.39. The van der Waals surface area contributed by atoms with Gasteiger partial charge in [0.2, 0.25) is 11.8 Å². The first kappa shape index (κ1) is 24.4. The van der Waals surface area contributed by atoms with Crippen molar-refractivity contribution in [2.75, 3.05) is 26.7 Å². The second-order valence-corrected chi connectivity index (χ2v) is 8.90. The highest BCUT2D eigenvalue weighted by atomic mass is 16.6. The van der Waals surface area contributed by atoms with E-state index in [1.165, 1.54) is 4.90 Å². The SMILES string of the molecule is CN(CCc1ccccn1)C(=O)CNC(=O)CN(C(=O)OC(C)(C)C)C(C)(C)C. The topological polar surface area (TPSA) is 91.8 Å². The molecule has 0 atom stereocenters. The summed E-state index contributed by atoms with van der Waals surface area (Å²) in [6.07, 6.45) is 1.77. The summed E-state index contributed by atoms with van der Waals surface area (Å²) in [6.45, 7) is 10.9. The van der Waals surface area contributed by atoms with Crippen molar-refractivity contribution in [2.45, 2.75) is 59.1 Å². The van der Waals surface area contributed by atoms with Gasteiger partial charge >= 0.3 is 6.09 Å². The molecule has 0 saturated carbocycles. The van der Waals surface area contributed by atoms with Crippen LogP contribution < -0.4 is 5.32 Å². The Morgan fingerprint density at radius 3 is 2.28 bits per heavy atom. The number of nitrogens with one attached hydrogen (secondary N) is 1. The summed E-state index contributed by atoms with van der Waals surface area (Å²) in [5, 5.41) is 2.59. The van der Waals surface area contributed by atoms with Gasteiger partial charge in [-0.2, -0.15) is 0 Å². The molecule has 1 N–H and O–H groups in total. The Bertz CT molecular complexity index is 693. The third kappa shape index (κ3) is 9.40. The fraction of sp³-hybridized carbons (Fsp3) is 0.619. The molecular formula is C21H34N4O4. The van der Waals surface area contributed by atoms with Crippen LogP contribution in [0.2, 0.25) is 0 Å². The summed E-state index contributed by atoms with van der Waals surface area (Å²) >= 11 is 0. The minimum absolute atomic E-state index is 0.135. The van der Waals surface area contributed by atoms with Gasteiger partial charge in [0.1, 0.15) is 12.1 Å². The van der Waals surface area contributed by atoms with Crippen molar-refractivity contribution in [2.24, 2.45) is 0 Å². The molecule has 3 amide bonds. The van der Waals surface area contributed by atoms with Gasteiger partial charge in [-0.05, 0) is 53.7 Å². The van der Waals surface area contributed by atoms with Crippen molar-refractivity contribution < 1.29 is 19.1 Å². The fourth-order valence-electron chi connectivity index (χ4n) is 2.35. The molecule has 1 heterocycles. The molecule has 0 saturated heterocycles. The van der Waals surface area contributed by atoms with Crippen LogP contribution in [0.5, 0.6) is 0 Å². The molecular weight excluding hydrogens is 372 g/mol. The number of ether oxygens (including phenoxy) is 1. The monoisotopic (exact) mass is 406 g/mol. The number of rotatable bonds is 7. The average Bonchev–Trinajstić information content (AvgIpc) is 2.60. The Balaban J connectivity index is 2.53. The maximum atomic E-state index is 12.4. The molecule has 0 fully saturated rings. The molecule has 8 nitrogen and oxygen atoms in total. The summed E-state index contributed by atoms with van der Waals surface area (Å²) in [5.74, 6) is -0.633. The maximum absolute atomic E-state index is 12.4. The number of likely N-dealkylation sites (N-methyl/N-ethyl adjacent to an activating group) is 1. The molecule has 1 aromatic rings. The van der Waals surface area contributed by atoms with Crippen LogP contribution >= 0.6 is 0 Å². The number of amides is 3. The van der Waals surface area contributed by atoms with Gasteiger partial charge in [0.25, 0.3) is 0 Å². The first-order chi connectivity index (χ1) is 13.3. The molecule has 0 unspecified atom stereocenters. The normalized spacial score (nSPS) is 11.6. The van der Waals surface area contributed by atoms with E-state index >= 15 is 0 Å². The van der Waals surface area contributed by atoms with E-state index in [2.05, 4.69) is 10.3 Å². The van der Waals surface area contributed by atoms with E-state index < -0.39 is 23.1 Å². The molecule has 0 bridgehead atoms. The number of hydrogen-bond acceptors (Lipinski definition) is 5. The molecule has 8 heteroatoms. The summed E-state index contributed by atoms with van der Waals surface area (Å²) in [5.41, 5.74) is -0.374. The lowest BCUT2D eigenvalue weighted by Crippen LogP contribution is -2.52. The number of carbonyl (C=O) groups excluding carboxylic acids is 3. The molecule has 0 aliphatic carbocycles. The molecule has 0 aliphatic heterocycles. The van der Waals surface area contributed by atoms with Gasteiger partial charge in [-0.15, -0.1) is 0 Å². The highest BCUT2D eigenvalue weighted by Gasteiger charge is 2.32. The Morgan fingerprint density at radius 2 is 1.76 bits per heavy atom. The third-order valence-electron chi connectivity index (χ3n) is 4.02. The van der Waals surface area contributed by atoms with Crippen molar-refractivity contribution in [3.05, 3.63) is 30.1 Å². The first-order valence-corrected chi connectivity index (χ1v) is 9.71. The van der Waals surface area contributed by atoms with E-state index in [1.54, 1.807) is 38.9 Å². The molecule has 0 spiro atoms. The van der Waals surface area contributed by atoms with Gasteiger partial charge in [0.05, 0.1) is 6.54 Å². The number of hydrogen-bond donors (Lipinski definition) is 1. The Hall–Kier alpha value is -2.64. The van der Waals surface area contributed by atoms with E-state index in [9.17, 15) is 14.4 Å². The van der Waals surface area contributed by atoms with Crippen LogP contribution in [0, 0.1) is 0 Å². The second kappa shape index (κ2) is 10.2. The van der Waals surface area contributed by atoms with Crippen LogP contribution in [0.25, 0.3) is 0 Å². The smallest absolute Gasteiger partial charge is 0.411 e. The van der Waals surface area contributed by atoms with Crippen LogP contribution in [-0.4, -0.2) is 70.5 Å². The molecule has 0 radical (unpaired) electrons. The van der Waals surface area contributed by atoms with Gasteiger partial charge < -0.3 is 15.0 Å². The zero-order valence-electron chi connectivity index (χ0n) is 18.6. The first-order valence-electron chi connectivity index (χ1n) is 9.71. The zero-order valence-corrected chi connectivity index (χ0v) is 18.6. The summed E-state index contributed by atoms with van der Waals surface area (Å²) in [7, 11) is 1.68. The summed E-state index contributed by atoms with van der Waals surface area (Å²) in [6, 6.07) is 5.64. The standard InChI is InChI=1S/C21H34N4O4/c1-20(2,3)25(19(28)29-21(4,5)6)15-17(26)23-14-18(27)24(7)13-11-16-10-8-9-12-22-16/h8-10,12H,11,13-15H2,1-7H3,(H,23,26). The van der Waals surface area contributed by atoms with Crippen LogP contribution in [0.3, 0.4) is 0 Å². The quantitative estimate of drug-likeness (QED) is 0.750. The Labute approximate surface area is 173 Å². The van der Waals surface area contributed by atoms with Gasteiger partial charge in [-0.25, -0.2) is 4.79 Å². The predicted octanol–water partition coefficient (Wildman–Crippen LogP) is 2.23. The lowest BCUT2D eigenvalue weighted by molar-refractivity contribution is -0.132. The largest absolute Gasteiger partial charge is 0.444 e. The van der Waals surface area contributed by atoms with Crippen LogP contribution in [0.4, 0.5) is 4.79 Å². The Kier molecular flexibility index (Phi) is 8.60. The average molecular weight is 407 g/mol. The minimum Gasteiger partial charge on any atom is -0.444 e. The van der Waals surface area contributed by atoms with E-state index in [0.717, 1.165) is 5.69 Å². The van der Waals surface area contributed by atoms with Crippen LogP contribution in [-0.2, 0) is 20.7 Å². The second-order valence-electron chi connectivity index (χ2n) is 8.90. The third-order valence-corrected chi connectivity index (χ3v) is 4.02. The lowest BCUT2D eigenvalue weighted by Gasteiger charge is -2.36. The molecule has 29 heavy (non-hydrogen) atoms. The number of nitrogens with zero attached hydrogens (tertiary/aromatic N) is 3. The molecule has 162 valence electrons. The lowest BCUT2D eigenvalue weighted by atomic mass is 10.1. The zero-order chi connectivity index (χ0) is 22.2. The van der Waals surface area contributed by atoms with Gasteiger partial charge in [0, 0.05) is 37.4 Å². The van der Waals surface area contributed by atoms with Crippen LogP contribution in [0.1, 0.15) is 47.2 Å². The number of carbonyl (C=O) groups is 3. The van der Waals surface area contributed by atoms with Crippen molar-refractivity contribution in [3.8, 4) is 0 Å². The fourth-order valence-corrected chi connectivity index (χ4v) is 2.35. The van der Waals surface area contributed by atoms with E-state index in [0.29, 0.717) is 13.0 Å².